The molecule has 14 heteroatoms. The first-order chi connectivity index (χ1) is 15.0. The molecular weight excluding hydrogens is 463 g/mol. The molecule has 0 aliphatic carbocycles. The number of rotatable bonds is 10. The molecule has 176 valence electrons. The van der Waals surface area contributed by atoms with Crippen LogP contribution in [0.25, 0.3) is 0 Å². The van der Waals surface area contributed by atoms with Crippen molar-refractivity contribution in [2.45, 2.75) is 26.1 Å². The Hall–Kier alpha value is -3.06. The third kappa shape index (κ3) is 6.23. The summed E-state index contributed by atoms with van der Waals surface area (Å²) >= 11 is 5.74. The number of aromatic nitrogens is 2. The number of hydrogen-bond acceptors (Lipinski definition) is 8. The minimum atomic E-state index is -4.78. The highest BCUT2D eigenvalue weighted by molar-refractivity contribution is 6.32. The predicted octanol–water partition coefficient (Wildman–Crippen LogP) is 4.14. The first-order valence-corrected chi connectivity index (χ1v) is 9.50. The van der Waals surface area contributed by atoms with E-state index in [1.54, 1.807) is 6.92 Å². The number of nitro benzene ring substituents is 1. The molecule has 0 bridgehead atoms. The summed E-state index contributed by atoms with van der Waals surface area (Å²) in [7, 11) is 1.03. The molecule has 0 fully saturated rings. The van der Waals surface area contributed by atoms with Crippen LogP contribution in [-0.2, 0) is 27.5 Å². The van der Waals surface area contributed by atoms with Crippen LogP contribution in [0.2, 0.25) is 5.02 Å². The Kier molecular flexibility index (Phi) is 8.27. The predicted molar refractivity (Wildman–Crippen MR) is 104 cm³/mol. The number of nitro groups is 1. The van der Waals surface area contributed by atoms with Crippen molar-refractivity contribution in [1.29, 1.82) is 0 Å². The molecule has 1 aromatic heterocycles. The van der Waals surface area contributed by atoms with Crippen molar-refractivity contribution in [2.24, 2.45) is 7.05 Å². The summed E-state index contributed by atoms with van der Waals surface area (Å²) < 4.78 is 60.3. The molecule has 0 amide bonds. The van der Waals surface area contributed by atoms with Crippen molar-refractivity contribution in [2.75, 3.05) is 19.8 Å². The molecule has 2 aromatic rings. The van der Waals surface area contributed by atoms with Crippen molar-refractivity contribution < 1.29 is 41.8 Å². The van der Waals surface area contributed by atoms with Gasteiger partial charge in [0.2, 0.25) is 5.75 Å². The third-order valence-corrected chi connectivity index (χ3v) is 4.22. The number of esters is 1. The standard InChI is InChI=1S/C18H19ClF3N3O7/c1-4-29-7-8-30-17(26)10(2)31-13-9-11(5-6-12(13)25(27)28)32-16-14(19)15(18(20,21)22)24(3)23-16/h5-6,9-10H,4,7-8H2,1-3H3/t10-/m0/s1. The van der Waals surface area contributed by atoms with Gasteiger partial charge in [0.15, 0.2) is 11.8 Å². The SMILES string of the molecule is CCOCCOC(=O)[C@H](C)Oc1cc(Oc2nn(C)c(C(F)(F)F)c2Cl)ccc1[N+](=O)[O-]. The Morgan fingerprint density at radius 2 is 2.03 bits per heavy atom. The van der Waals surface area contributed by atoms with E-state index in [2.05, 4.69) is 5.10 Å². The average molecular weight is 482 g/mol. The molecule has 0 saturated carbocycles. The molecule has 2 rings (SSSR count). The number of carbonyl (C=O) groups excluding carboxylic acids is 1. The zero-order valence-electron chi connectivity index (χ0n) is 17.1. The van der Waals surface area contributed by atoms with Gasteiger partial charge in [-0.25, -0.2) is 4.79 Å². The first-order valence-electron chi connectivity index (χ1n) is 9.12. The number of ether oxygens (including phenoxy) is 4. The lowest BCUT2D eigenvalue weighted by Crippen LogP contribution is -2.27. The Balaban J connectivity index is 2.23. The van der Waals surface area contributed by atoms with Crippen LogP contribution in [-0.4, -0.2) is 46.6 Å². The van der Waals surface area contributed by atoms with E-state index >= 15 is 0 Å². The molecule has 0 N–H and O–H groups in total. The van der Waals surface area contributed by atoms with Gasteiger partial charge in [0.1, 0.15) is 17.4 Å². The van der Waals surface area contributed by atoms with Crippen LogP contribution in [0.1, 0.15) is 19.5 Å². The maximum absolute atomic E-state index is 13.1. The first kappa shape index (κ1) is 25.2. The van der Waals surface area contributed by atoms with E-state index in [-0.39, 0.29) is 24.7 Å². The molecule has 1 heterocycles. The molecule has 0 aliphatic heterocycles. The normalized spacial score (nSPS) is 12.3. The second-order valence-electron chi connectivity index (χ2n) is 6.20. The average Bonchev–Trinajstić information content (AvgIpc) is 2.98. The molecule has 0 radical (unpaired) electrons. The van der Waals surface area contributed by atoms with Gasteiger partial charge in [-0.3, -0.25) is 14.8 Å². The van der Waals surface area contributed by atoms with Gasteiger partial charge in [0.05, 0.1) is 11.5 Å². The monoisotopic (exact) mass is 481 g/mol. The summed E-state index contributed by atoms with van der Waals surface area (Å²) in [6.07, 6.45) is -6.01. The Morgan fingerprint density at radius 3 is 2.59 bits per heavy atom. The van der Waals surface area contributed by atoms with Crippen LogP contribution in [0.3, 0.4) is 0 Å². The van der Waals surface area contributed by atoms with Crippen molar-refractivity contribution in [3.05, 3.63) is 39.0 Å². The number of carbonyl (C=O) groups is 1. The van der Waals surface area contributed by atoms with E-state index in [0.29, 0.717) is 11.3 Å². The topological polar surface area (TPSA) is 115 Å². The summed E-state index contributed by atoms with van der Waals surface area (Å²) in [5.74, 6) is -1.89. The molecule has 0 saturated heterocycles. The van der Waals surface area contributed by atoms with Gasteiger partial charge in [-0.15, -0.1) is 5.10 Å². The van der Waals surface area contributed by atoms with E-state index in [4.69, 9.17) is 30.5 Å². The minimum Gasteiger partial charge on any atom is -0.472 e. The largest absolute Gasteiger partial charge is 0.472 e. The zero-order valence-corrected chi connectivity index (χ0v) is 17.9. The second kappa shape index (κ2) is 10.5. The van der Waals surface area contributed by atoms with Crippen LogP contribution in [0.15, 0.2) is 18.2 Å². The van der Waals surface area contributed by atoms with Gasteiger partial charge in [-0.05, 0) is 19.9 Å². The van der Waals surface area contributed by atoms with Crippen molar-refractivity contribution >= 4 is 23.3 Å². The van der Waals surface area contributed by atoms with E-state index in [9.17, 15) is 28.1 Å². The van der Waals surface area contributed by atoms with E-state index in [1.807, 2.05) is 0 Å². The van der Waals surface area contributed by atoms with Gasteiger partial charge in [-0.1, -0.05) is 11.6 Å². The van der Waals surface area contributed by atoms with Gasteiger partial charge >= 0.3 is 17.8 Å². The van der Waals surface area contributed by atoms with Gasteiger partial charge in [-0.2, -0.15) is 13.2 Å². The summed E-state index contributed by atoms with van der Waals surface area (Å²) in [6, 6.07) is 3.15. The van der Waals surface area contributed by atoms with Crippen LogP contribution in [0.4, 0.5) is 18.9 Å². The Labute approximate surface area is 184 Å². The van der Waals surface area contributed by atoms with Crippen molar-refractivity contribution in [3.8, 4) is 17.4 Å². The lowest BCUT2D eigenvalue weighted by atomic mass is 10.2. The maximum Gasteiger partial charge on any atom is 0.434 e. The lowest BCUT2D eigenvalue weighted by Gasteiger charge is -2.15. The maximum atomic E-state index is 13.1. The summed E-state index contributed by atoms with van der Waals surface area (Å²) in [4.78, 5) is 22.5. The highest BCUT2D eigenvalue weighted by Crippen LogP contribution is 2.41. The van der Waals surface area contributed by atoms with E-state index in [1.165, 1.54) is 6.92 Å². The van der Waals surface area contributed by atoms with Crippen molar-refractivity contribution in [3.63, 3.8) is 0 Å². The quantitative estimate of drug-likeness (QED) is 0.215. The fourth-order valence-electron chi connectivity index (χ4n) is 2.46. The molecule has 0 unspecified atom stereocenters. The van der Waals surface area contributed by atoms with E-state index < -0.39 is 45.5 Å². The van der Waals surface area contributed by atoms with Crippen LogP contribution in [0.5, 0.6) is 17.4 Å². The highest BCUT2D eigenvalue weighted by Gasteiger charge is 2.39. The summed E-state index contributed by atoms with van der Waals surface area (Å²) in [6.45, 7) is 3.65. The number of benzene rings is 1. The van der Waals surface area contributed by atoms with Crippen LogP contribution < -0.4 is 9.47 Å². The van der Waals surface area contributed by atoms with Gasteiger partial charge < -0.3 is 18.9 Å². The second-order valence-corrected chi connectivity index (χ2v) is 6.58. The number of hydrogen-bond donors (Lipinski definition) is 0. The van der Waals surface area contributed by atoms with E-state index in [0.717, 1.165) is 25.2 Å². The molecule has 1 aromatic carbocycles. The van der Waals surface area contributed by atoms with Gasteiger partial charge in [0, 0.05) is 25.8 Å². The number of aryl methyl sites for hydroxylation is 1. The molecule has 1 atom stereocenters. The number of halogens is 4. The third-order valence-electron chi connectivity index (χ3n) is 3.88. The van der Waals surface area contributed by atoms with Crippen LogP contribution in [0, 0.1) is 10.1 Å². The number of alkyl halides is 3. The molecule has 32 heavy (non-hydrogen) atoms. The van der Waals surface area contributed by atoms with Crippen LogP contribution >= 0.6 is 11.6 Å². The Morgan fingerprint density at radius 1 is 1.34 bits per heavy atom. The summed E-state index contributed by atoms with van der Waals surface area (Å²) in [5.41, 5.74) is -1.73. The molecular formula is C18H19ClF3N3O7. The molecule has 0 aliphatic rings. The Bertz CT molecular complexity index is 981. The zero-order chi connectivity index (χ0) is 24.1. The molecule has 10 nitrogen and oxygen atoms in total. The van der Waals surface area contributed by atoms with Crippen molar-refractivity contribution in [1.82, 2.24) is 9.78 Å². The minimum absolute atomic E-state index is 0.0364. The smallest absolute Gasteiger partial charge is 0.434 e. The molecule has 0 spiro atoms. The highest BCUT2D eigenvalue weighted by atomic mass is 35.5. The summed E-state index contributed by atoms with van der Waals surface area (Å²) in [5, 5.41) is 14.1. The number of nitrogens with zero attached hydrogens (tertiary/aromatic N) is 3. The fraction of sp³-hybridized carbons (Fsp3) is 0.444. The van der Waals surface area contributed by atoms with Gasteiger partial charge in [0.25, 0.3) is 5.88 Å². The fourth-order valence-corrected chi connectivity index (χ4v) is 2.77. The lowest BCUT2D eigenvalue weighted by molar-refractivity contribution is -0.386.